The molecule has 0 bridgehead atoms. The number of hydrogen-bond donors (Lipinski definition) is 2. The Morgan fingerprint density at radius 1 is 1.60 bits per heavy atom. The molecule has 6 nitrogen and oxygen atoms in total. The highest BCUT2D eigenvalue weighted by atomic mass is 32.2. The van der Waals surface area contributed by atoms with Gasteiger partial charge in [-0.05, 0) is 13.8 Å². The number of carboxylic acid groups (broad SMARTS) is 1. The number of nitrogens with one attached hydrogen (secondary N) is 1. The molecular weight excluding hydrogens is 298 g/mol. The summed E-state index contributed by atoms with van der Waals surface area (Å²) in [6.45, 7) is 4.58. The first-order valence-corrected chi connectivity index (χ1v) is 8.36. The Kier molecular flexibility index (Phi) is 4.87. The predicted octanol–water partition coefficient (Wildman–Crippen LogP) is 2.05. The third kappa shape index (κ3) is 3.43. The van der Waals surface area contributed by atoms with Crippen molar-refractivity contribution in [2.45, 2.75) is 25.9 Å². The molecule has 2 amide bonds. The van der Waals surface area contributed by atoms with Gasteiger partial charge in [-0.15, -0.1) is 11.3 Å². The van der Waals surface area contributed by atoms with E-state index < -0.39 is 5.97 Å². The number of thioether (sulfide) groups is 1. The van der Waals surface area contributed by atoms with E-state index in [-0.39, 0.29) is 23.8 Å². The molecule has 1 aromatic rings. The number of carbonyl (C=O) groups excluding carboxylic acids is 1. The third-order valence-corrected chi connectivity index (χ3v) is 5.30. The molecule has 1 aromatic heterocycles. The molecule has 2 rings (SSSR count). The van der Waals surface area contributed by atoms with Gasteiger partial charge in [-0.2, -0.15) is 11.8 Å². The fraction of sp³-hybridized carbons (Fsp3) is 0.583. The van der Waals surface area contributed by atoms with Crippen molar-refractivity contribution in [1.82, 2.24) is 15.2 Å². The Hall–Kier alpha value is -1.28. The number of aromatic carboxylic acids is 1. The second-order valence-electron chi connectivity index (χ2n) is 4.66. The largest absolute Gasteiger partial charge is 0.476 e. The third-order valence-electron chi connectivity index (χ3n) is 3.08. The van der Waals surface area contributed by atoms with Gasteiger partial charge in [0, 0.05) is 29.5 Å². The van der Waals surface area contributed by atoms with E-state index in [1.807, 2.05) is 30.5 Å². The molecule has 8 heteroatoms. The van der Waals surface area contributed by atoms with Gasteiger partial charge in [-0.1, -0.05) is 0 Å². The lowest BCUT2D eigenvalue weighted by Gasteiger charge is -2.33. The highest BCUT2D eigenvalue weighted by molar-refractivity contribution is 7.99. The molecule has 1 fully saturated rings. The number of aromatic nitrogens is 1. The average molecular weight is 315 g/mol. The molecule has 0 spiro atoms. The molecule has 0 radical (unpaired) electrons. The lowest BCUT2D eigenvalue weighted by Crippen LogP contribution is -2.49. The van der Waals surface area contributed by atoms with Gasteiger partial charge < -0.3 is 15.3 Å². The lowest BCUT2D eigenvalue weighted by atomic mass is 10.3. The fourth-order valence-electron chi connectivity index (χ4n) is 1.94. The maximum absolute atomic E-state index is 12.2. The van der Waals surface area contributed by atoms with Gasteiger partial charge in [-0.3, -0.25) is 0 Å². The summed E-state index contributed by atoms with van der Waals surface area (Å²) in [6.07, 6.45) is 0. The van der Waals surface area contributed by atoms with Crippen LogP contribution in [0.3, 0.4) is 0 Å². The second-order valence-corrected chi connectivity index (χ2v) is 6.70. The number of nitrogens with zero attached hydrogens (tertiary/aromatic N) is 2. The first kappa shape index (κ1) is 15.1. The zero-order valence-corrected chi connectivity index (χ0v) is 13.0. The Morgan fingerprint density at radius 2 is 2.35 bits per heavy atom. The number of carbonyl (C=O) groups is 2. The van der Waals surface area contributed by atoms with Crippen LogP contribution in [0.5, 0.6) is 0 Å². The van der Waals surface area contributed by atoms with Crippen molar-refractivity contribution in [3.8, 4) is 0 Å². The summed E-state index contributed by atoms with van der Waals surface area (Å²) in [5, 5.41) is 13.8. The molecule has 2 unspecified atom stereocenters. The second kappa shape index (κ2) is 6.45. The minimum Gasteiger partial charge on any atom is -0.476 e. The first-order valence-electron chi connectivity index (χ1n) is 6.32. The van der Waals surface area contributed by atoms with Crippen molar-refractivity contribution >= 4 is 35.1 Å². The average Bonchev–Trinajstić information content (AvgIpc) is 2.88. The molecule has 2 atom stereocenters. The van der Waals surface area contributed by atoms with Crippen molar-refractivity contribution in [2.24, 2.45) is 0 Å². The molecule has 0 aromatic carbocycles. The maximum atomic E-state index is 12.2. The summed E-state index contributed by atoms with van der Waals surface area (Å²) in [5.41, 5.74) is 0.0221. The van der Waals surface area contributed by atoms with Crippen molar-refractivity contribution in [2.75, 3.05) is 18.1 Å². The zero-order valence-electron chi connectivity index (χ0n) is 11.3. The summed E-state index contributed by atoms with van der Waals surface area (Å²) in [7, 11) is 0. The Labute approximate surface area is 125 Å². The lowest BCUT2D eigenvalue weighted by molar-refractivity contribution is 0.0691. The molecule has 0 saturated carbocycles. The van der Waals surface area contributed by atoms with E-state index in [1.54, 1.807) is 0 Å². The zero-order chi connectivity index (χ0) is 14.7. The van der Waals surface area contributed by atoms with E-state index in [1.165, 1.54) is 16.7 Å². The standard InChI is InChI=1S/C12H17N3O3S2/c1-7-5-19-4-3-15(7)12(18)13-8(2)10-14-9(6-20-10)11(16)17/h6-8H,3-5H2,1-2H3,(H,13,18)(H,16,17). The first-order chi connectivity index (χ1) is 9.49. The van der Waals surface area contributed by atoms with Gasteiger partial charge in [-0.25, -0.2) is 14.6 Å². The topological polar surface area (TPSA) is 82.5 Å². The number of amides is 2. The normalized spacial score (nSPS) is 20.5. The van der Waals surface area contributed by atoms with Crippen LogP contribution in [0.4, 0.5) is 4.79 Å². The molecule has 110 valence electrons. The van der Waals surface area contributed by atoms with E-state index in [4.69, 9.17) is 5.11 Å². The quantitative estimate of drug-likeness (QED) is 0.892. The molecule has 1 saturated heterocycles. The van der Waals surface area contributed by atoms with Crippen molar-refractivity contribution in [3.05, 3.63) is 16.1 Å². The molecular formula is C12H17N3O3S2. The van der Waals surface area contributed by atoms with Gasteiger partial charge >= 0.3 is 12.0 Å². The molecule has 0 aliphatic carbocycles. The van der Waals surface area contributed by atoms with Crippen LogP contribution < -0.4 is 5.32 Å². The van der Waals surface area contributed by atoms with Gasteiger partial charge in [0.05, 0.1) is 6.04 Å². The molecule has 2 N–H and O–H groups in total. The van der Waals surface area contributed by atoms with Crippen LogP contribution in [0.15, 0.2) is 5.38 Å². The van der Waals surface area contributed by atoms with Crippen molar-refractivity contribution in [1.29, 1.82) is 0 Å². The minimum absolute atomic E-state index is 0.0221. The monoisotopic (exact) mass is 315 g/mol. The number of thiazole rings is 1. The number of hydrogen-bond acceptors (Lipinski definition) is 5. The summed E-state index contributed by atoms with van der Waals surface area (Å²) < 4.78 is 0. The number of carboxylic acids is 1. The van der Waals surface area contributed by atoms with Gasteiger partial charge in [0.25, 0.3) is 0 Å². The van der Waals surface area contributed by atoms with E-state index in [0.29, 0.717) is 5.01 Å². The van der Waals surface area contributed by atoms with Crippen LogP contribution in [0, 0.1) is 0 Å². The molecule has 1 aliphatic heterocycles. The SMILES string of the molecule is CC(NC(=O)N1CCSCC1C)c1nc(C(=O)O)cs1. The smallest absolute Gasteiger partial charge is 0.355 e. The van der Waals surface area contributed by atoms with Crippen LogP contribution >= 0.6 is 23.1 Å². The molecule has 20 heavy (non-hydrogen) atoms. The fourth-order valence-corrected chi connectivity index (χ4v) is 3.76. The van der Waals surface area contributed by atoms with Crippen LogP contribution in [-0.2, 0) is 0 Å². The summed E-state index contributed by atoms with van der Waals surface area (Å²) in [5.74, 6) is 0.849. The summed E-state index contributed by atoms with van der Waals surface area (Å²) in [4.78, 5) is 28.8. The predicted molar refractivity (Wildman–Crippen MR) is 79.5 cm³/mol. The van der Waals surface area contributed by atoms with Crippen LogP contribution in [0.25, 0.3) is 0 Å². The molecule has 2 heterocycles. The van der Waals surface area contributed by atoms with Crippen molar-refractivity contribution in [3.63, 3.8) is 0 Å². The van der Waals surface area contributed by atoms with Gasteiger partial charge in [0.1, 0.15) is 5.01 Å². The Bertz CT molecular complexity index is 506. The Morgan fingerprint density at radius 3 is 2.95 bits per heavy atom. The van der Waals surface area contributed by atoms with Gasteiger partial charge in [0.15, 0.2) is 5.69 Å². The van der Waals surface area contributed by atoms with E-state index in [9.17, 15) is 9.59 Å². The highest BCUT2D eigenvalue weighted by Gasteiger charge is 2.25. The van der Waals surface area contributed by atoms with Crippen LogP contribution in [0.1, 0.15) is 35.4 Å². The number of rotatable bonds is 3. The molecule has 1 aliphatic rings. The maximum Gasteiger partial charge on any atom is 0.355 e. The number of urea groups is 1. The van der Waals surface area contributed by atoms with Crippen molar-refractivity contribution < 1.29 is 14.7 Å². The van der Waals surface area contributed by atoms with Gasteiger partial charge in [0.2, 0.25) is 0 Å². The van der Waals surface area contributed by atoms with E-state index in [0.717, 1.165) is 18.1 Å². The minimum atomic E-state index is -1.05. The van der Waals surface area contributed by atoms with Crippen LogP contribution in [-0.4, -0.2) is 51.1 Å². The summed E-state index contributed by atoms with van der Waals surface area (Å²) >= 11 is 3.09. The van der Waals surface area contributed by atoms with Crippen LogP contribution in [0.2, 0.25) is 0 Å². The van der Waals surface area contributed by atoms with E-state index in [2.05, 4.69) is 10.3 Å². The highest BCUT2D eigenvalue weighted by Crippen LogP contribution is 2.20. The Balaban J connectivity index is 1.97. The van der Waals surface area contributed by atoms with E-state index >= 15 is 0 Å². The summed E-state index contributed by atoms with van der Waals surface area (Å²) in [6, 6.07) is -0.188.